The largest absolute Gasteiger partial charge is 0.378 e. The highest BCUT2D eigenvalue weighted by molar-refractivity contribution is 5.65. The fourth-order valence-corrected chi connectivity index (χ4v) is 1.40. The van der Waals surface area contributed by atoms with Gasteiger partial charge in [-0.25, -0.2) is 0 Å². The fraction of sp³-hybridized carbons (Fsp3) is 0.455. The second kappa shape index (κ2) is 6.10. The number of anilines is 1. The van der Waals surface area contributed by atoms with Crippen molar-refractivity contribution >= 4 is 17.1 Å². The van der Waals surface area contributed by atoms with Crippen LogP contribution in [0.3, 0.4) is 0 Å². The zero-order chi connectivity index (χ0) is 14.6. The third-order valence-corrected chi connectivity index (χ3v) is 2.77. The molecule has 8 nitrogen and oxygen atoms in total. The Bertz CT molecular complexity index is 490. The summed E-state index contributed by atoms with van der Waals surface area (Å²) in [6, 6.07) is 3.32. The molecular formula is C11H16N4O4. The van der Waals surface area contributed by atoms with E-state index in [0.717, 1.165) is 6.07 Å². The van der Waals surface area contributed by atoms with Gasteiger partial charge in [-0.3, -0.25) is 20.2 Å². The molecule has 0 spiro atoms. The summed E-state index contributed by atoms with van der Waals surface area (Å²) >= 11 is 0. The Morgan fingerprint density at radius 2 is 1.89 bits per heavy atom. The van der Waals surface area contributed by atoms with E-state index in [0.29, 0.717) is 6.54 Å². The monoisotopic (exact) mass is 268 g/mol. The van der Waals surface area contributed by atoms with Gasteiger partial charge >= 0.3 is 0 Å². The smallest absolute Gasteiger partial charge is 0.299 e. The van der Waals surface area contributed by atoms with Crippen molar-refractivity contribution in [3.63, 3.8) is 0 Å². The highest BCUT2D eigenvalue weighted by Gasteiger charge is 2.19. The number of nitro groups is 2. The fourth-order valence-electron chi connectivity index (χ4n) is 1.40. The number of hydrogen-bond donors (Lipinski definition) is 2. The van der Waals surface area contributed by atoms with Crippen molar-refractivity contribution in [3.8, 4) is 0 Å². The summed E-state index contributed by atoms with van der Waals surface area (Å²) in [6.45, 7) is 4.24. The first kappa shape index (κ1) is 14.8. The molecule has 104 valence electrons. The van der Waals surface area contributed by atoms with Gasteiger partial charge in [-0.05, 0) is 12.0 Å². The van der Waals surface area contributed by atoms with E-state index in [1.165, 1.54) is 12.1 Å². The molecule has 0 saturated carbocycles. The lowest BCUT2D eigenvalue weighted by atomic mass is 10.1. The molecule has 0 bridgehead atoms. The minimum Gasteiger partial charge on any atom is -0.378 e. The Morgan fingerprint density at radius 1 is 1.26 bits per heavy atom. The number of hydrogen-bond acceptors (Lipinski definition) is 6. The molecule has 1 rings (SSSR count). The van der Waals surface area contributed by atoms with Crippen molar-refractivity contribution in [2.45, 2.75) is 19.9 Å². The van der Waals surface area contributed by atoms with E-state index in [1.807, 2.05) is 13.8 Å². The van der Waals surface area contributed by atoms with Crippen molar-refractivity contribution < 1.29 is 9.85 Å². The van der Waals surface area contributed by atoms with Crippen molar-refractivity contribution in [2.75, 3.05) is 11.9 Å². The third-order valence-electron chi connectivity index (χ3n) is 2.77. The summed E-state index contributed by atoms with van der Waals surface area (Å²) in [6.07, 6.45) is 0. The third kappa shape index (κ3) is 3.88. The van der Waals surface area contributed by atoms with Gasteiger partial charge in [-0.15, -0.1) is 0 Å². The van der Waals surface area contributed by atoms with Gasteiger partial charge in [0, 0.05) is 18.7 Å². The molecule has 0 aliphatic rings. The SMILES string of the molecule is CC(C)C(N)CNc1ccc([N+](=O)[O-])cc1[N+](=O)[O-]. The predicted molar refractivity (Wildman–Crippen MR) is 71.1 cm³/mol. The van der Waals surface area contributed by atoms with Crippen LogP contribution in [-0.2, 0) is 0 Å². The molecule has 8 heteroatoms. The molecule has 1 aromatic rings. The summed E-state index contributed by atoms with van der Waals surface area (Å²) < 4.78 is 0. The van der Waals surface area contributed by atoms with Crippen LogP contribution in [0.15, 0.2) is 18.2 Å². The normalized spacial score (nSPS) is 12.2. The molecule has 0 radical (unpaired) electrons. The Morgan fingerprint density at radius 3 is 2.37 bits per heavy atom. The van der Waals surface area contributed by atoms with E-state index in [1.54, 1.807) is 0 Å². The highest BCUT2D eigenvalue weighted by atomic mass is 16.6. The van der Waals surface area contributed by atoms with E-state index in [-0.39, 0.29) is 29.0 Å². The van der Waals surface area contributed by atoms with Crippen molar-refractivity contribution in [2.24, 2.45) is 11.7 Å². The van der Waals surface area contributed by atoms with E-state index in [4.69, 9.17) is 5.73 Å². The van der Waals surface area contributed by atoms with E-state index in [2.05, 4.69) is 5.32 Å². The van der Waals surface area contributed by atoms with Crippen LogP contribution in [0, 0.1) is 26.1 Å². The lowest BCUT2D eigenvalue weighted by Crippen LogP contribution is -2.34. The summed E-state index contributed by atoms with van der Waals surface area (Å²) in [4.78, 5) is 20.1. The van der Waals surface area contributed by atoms with Gasteiger partial charge in [0.1, 0.15) is 5.69 Å². The molecule has 0 aliphatic carbocycles. The molecule has 0 aromatic heterocycles. The van der Waals surface area contributed by atoms with Gasteiger partial charge in [-0.1, -0.05) is 13.8 Å². The Balaban J connectivity index is 2.94. The minimum atomic E-state index is -0.670. The predicted octanol–water partition coefficient (Wildman–Crippen LogP) is 1.90. The molecule has 1 atom stereocenters. The number of non-ortho nitro benzene ring substituents is 1. The zero-order valence-electron chi connectivity index (χ0n) is 10.7. The van der Waals surface area contributed by atoms with Crippen LogP contribution in [0.2, 0.25) is 0 Å². The Kier molecular flexibility index (Phi) is 4.76. The standard InChI is InChI=1S/C11H16N4O4/c1-7(2)9(12)6-13-10-4-3-8(14(16)17)5-11(10)15(18)19/h3-5,7,9,13H,6,12H2,1-2H3. The molecule has 3 N–H and O–H groups in total. The maximum absolute atomic E-state index is 10.9. The van der Waals surface area contributed by atoms with E-state index >= 15 is 0 Å². The van der Waals surface area contributed by atoms with Crippen LogP contribution in [-0.4, -0.2) is 22.4 Å². The summed E-state index contributed by atoms with van der Waals surface area (Å²) in [7, 11) is 0. The molecule has 1 unspecified atom stereocenters. The molecular weight excluding hydrogens is 252 g/mol. The molecule has 0 heterocycles. The van der Waals surface area contributed by atoms with Gasteiger partial charge in [-0.2, -0.15) is 0 Å². The first-order valence-electron chi connectivity index (χ1n) is 5.75. The number of nitrogens with one attached hydrogen (secondary N) is 1. The molecule has 19 heavy (non-hydrogen) atoms. The second-order valence-electron chi connectivity index (χ2n) is 4.50. The van der Waals surface area contributed by atoms with E-state index in [9.17, 15) is 20.2 Å². The first-order valence-corrected chi connectivity index (χ1v) is 5.75. The number of nitrogens with two attached hydrogens (primary N) is 1. The number of nitro benzene ring substituents is 2. The zero-order valence-corrected chi connectivity index (χ0v) is 10.7. The van der Waals surface area contributed by atoms with Crippen molar-refractivity contribution in [3.05, 3.63) is 38.4 Å². The van der Waals surface area contributed by atoms with Gasteiger partial charge in [0.25, 0.3) is 11.4 Å². The van der Waals surface area contributed by atoms with Gasteiger partial charge in [0.2, 0.25) is 0 Å². The summed E-state index contributed by atoms with van der Waals surface area (Å²) in [5, 5.41) is 24.3. The van der Waals surface area contributed by atoms with Crippen molar-refractivity contribution in [1.82, 2.24) is 0 Å². The van der Waals surface area contributed by atoms with Crippen LogP contribution in [0.4, 0.5) is 17.1 Å². The quantitative estimate of drug-likeness (QED) is 0.599. The van der Waals surface area contributed by atoms with Gasteiger partial charge < -0.3 is 11.1 Å². The molecule has 1 aromatic carbocycles. The molecule has 0 fully saturated rings. The second-order valence-corrected chi connectivity index (χ2v) is 4.50. The average Bonchev–Trinajstić information content (AvgIpc) is 2.35. The van der Waals surface area contributed by atoms with Crippen LogP contribution in [0.1, 0.15) is 13.8 Å². The molecule has 0 aliphatic heterocycles. The first-order chi connectivity index (χ1) is 8.82. The number of nitrogens with zero attached hydrogens (tertiary/aromatic N) is 2. The summed E-state index contributed by atoms with van der Waals surface area (Å²) in [5.41, 5.74) is 5.41. The number of rotatable bonds is 6. The number of benzene rings is 1. The average molecular weight is 268 g/mol. The topological polar surface area (TPSA) is 124 Å². The minimum absolute atomic E-state index is 0.158. The maximum Gasteiger partial charge on any atom is 0.299 e. The van der Waals surface area contributed by atoms with Gasteiger partial charge in [0.05, 0.1) is 15.9 Å². The van der Waals surface area contributed by atoms with Crippen LogP contribution >= 0.6 is 0 Å². The molecule has 0 saturated heterocycles. The Hall–Kier alpha value is -2.22. The molecule has 0 amide bonds. The lowest BCUT2D eigenvalue weighted by molar-refractivity contribution is -0.393. The highest BCUT2D eigenvalue weighted by Crippen LogP contribution is 2.28. The van der Waals surface area contributed by atoms with Crippen LogP contribution in [0.25, 0.3) is 0 Å². The summed E-state index contributed by atoms with van der Waals surface area (Å²) in [5.74, 6) is 0.226. The van der Waals surface area contributed by atoms with Crippen LogP contribution < -0.4 is 11.1 Å². The van der Waals surface area contributed by atoms with Gasteiger partial charge in [0.15, 0.2) is 0 Å². The maximum atomic E-state index is 10.9. The van der Waals surface area contributed by atoms with Crippen molar-refractivity contribution in [1.29, 1.82) is 0 Å². The van der Waals surface area contributed by atoms with E-state index < -0.39 is 9.85 Å². The Labute approximate surface area is 109 Å². The lowest BCUT2D eigenvalue weighted by Gasteiger charge is -2.16. The van der Waals surface area contributed by atoms with Crippen LogP contribution in [0.5, 0.6) is 0 Å².